The minimum Gasteiger partial charge on any atom is -0.357 e. The summed E-state index contributed by atoms with van der Waals surface area (Å²) in [6.07, 6.45) is 5.37. The first-order chi connectivity index (χ1) is 11.4. The molecule has 0 aliphatic heterocycles. The summed E-state index contributed by atoms with van der Waals surface area (Å²) in [5.41, 5.74) is 3.98. The molecule has 0 unspecified atom stereocenters. The molecule has 0 spiro atoms. The van der Waals surface area contributed by atoms with Crippen LogP contribution in [0.4, 0.5) is 0 Å². The smallest absolute Gasteiger partial charge is 0.191 e. The van der Waals surface area contributed by atoms with Crippen molar-refractivity contribution < 1.29 is 0 Å². The topological polar surface area (TPSA) is 54.2 Å². The van der Waals surface area contributed by atoms with E-state index in [1.54, 1.807) is 0 Å². The number of hydrogen-bond acceptors (Lipinski definition) is 2. The van der Waals surface area contributed by atoms with Gasteiger partial charge in [0.2, 0.25) is 0 Å². The molecule has 1 aromatic rings. The van der Waals surface area contributed by atoms with E-state index < -0.39 is 0 Å². The van der Waals surface area contributed by atoms with Crippen LogP contribution in [0.15, 0.2) is 4.99 Å². The number of guanidine groups is 1. The molecule has 5 nitrogen and oxygen atoms in total. The molecule has 2 N–H and O–H groups in total. The first-order valence-electron chi connectivity index (χ1n) is 9.38. The number of nitrogens with one attached hydrogen (secondary N) is 2. The number of aryl methyl sites for hydroxylation is 2. The number of nitrogens with zero attached hydrogens (tertiary/aromatic N) is 3. The maximum Gasteiger partial charge on any atom is 0.191 e. The van der Waals surface area contributed by atoms with Crippen LogP contribution in [-0.4, -0.2) is 28.8 Å². The number of aliphatic imine (C=N–C) groups is 1. The van der Waals surface area contributed by atoms with Crippen LogP contribution in [0, 0.1) is 25.2 Å². The molecule has 144 valence electrons. The fraction of sp³-hybridized carbons (Fsp3) is 0.789. The average Bonchev–Trinajstić information content (AvgIpc) is 2.72. The molecule has 1 heterocycles. The molecule has 25 heavy (non-hydrogen) atoms. The Balaban J connectivity index is 0.00000312. The first-order valence-corrected chi connectivity index (χ1v) is 9.38. The minimum absolute atomic E-state index is 0. The van der Waals surface area contributed by atoms with Crippen molar-refractivity contribution >= 4 is 29.9 Å². The Morgan fingerprint density at radius 1 is 1.28 bits per heavy atom. The van der Waals surface area contributed by atoms with Crippen LogP contribution in [0.2, 0.25) is 0 Å². The molecular weight excluding hydrogens is 425 g/mol. The largest absolute Gasteiger partial charge is 0.357 e. The average molecular weight is 461 g/mol. The van der Waals surface area contributed by atoms with Gasteiger partial charge in [-0.25, -0.2) is 4.99 Å². The molecule has 1 saturated carbocycles. The predicted octanol–water partition coefficient (Wildman–Crippen LogP) is 3.93. The van der Waals surface area contributed by atoms with Crippen LogP contribution < -0.4 is 10.6 Å². The van der Waals surface area contributed by atoms with Crippen LogP contribution >= 0.6 is 24.0 Å². The zero-order chi connectivity index (χ0) is 17.7. The van der Waals surface area contributed by atoms with E-state index in [0.717, 1.165) is 30.7 Å². The van der Waals surface area contributed by atoms with Gasteiger partial charge in [-0.3, -0.25) is 4.68 Å². The highest BCUT2D eigenvalue weighted by Crippen LogP contribution is 2.45. The van der Waals surface area contributed by atoms with Gasteiger partial charge >= 0.3 is 0 Å². The zero-order valence-corrected chi connectivity index (χ0v) is 19.1. The number of halogens is 1. The standard InChI is InChI=1S/C19H35N5.HI/c1-7-20-18(21-12-17-15(4)23-24(6)16(17)5)22-13-19(9-8-10-19)11-14(2)3;/h14H,7-13H2,1-6H3,(H2,20,21,22);1H. The van der Waals surface area contributed by atoms with Gasteiger partial charge in [0.25, 0.3) is 0 Å². The molecular formula is C19H36IN5. The molecule has 0 aromatic carbocycles. The lowest BCUT2D eigenvalue weighted by Gasteiger charge is -2.43. The number of rotatable bonds is 7. The van der Waals surface area contributed by atoms with Crippen LogP contribution in [0.1, 0.15) is 63.4 Å². The van der Waals surface area contributed by atoms with Gasteiger partial charge in [-0.2, -0.15) is 5.10 Å². The van der Waals surface area contributed by atoms with Crippen molar-refractivity contribution in [1.82, 2.24) is 20.4 Å². The summed E-state index contributed by atoms with van der Waals surface area (Å²) in [6, 6.07) is 0. The lowest BCUT2D eigenvalue weighted by Crippen LogP contribution is -2.47. The van der Waals surface area contributed by atoms with E-state index >= 15 is 0 Å². The molecule has 0 saturated heterocycles. The molecule has 0 amide bonds. The van der Waals surface area contributed by atoms with Gasteiger partial charge in [0.15, 0.2) is 5.96 Å². The SMILES string of the molecule is CCNC(=NCc1c(C)nn(C)c1C)NCC1(CC(C)C)CCC1.I. The van der Waals surface area contributed by atoms with Crippen molar-refractivity contribution in [1.29, 1.82) is 0 Å². The first kappa shape index (κ1) is 22.3. The van der Waals surface area contributed by atoms with Crippen LogP contribution in [-0.2, 0) is 13.6 Å². The molecule has 1 aromatic heterocycles. The number of aromatic nitrogens is 2. The molecule has 6 heteroatoms. The molecule has 0 bridgehead atoms. The molecule has 0 atom stereocenters. The minimum atomic E-state index is 0. The Morgan fingerprint density at radius 2 is 1.96 bits per heavy atom. The summed E-state index contributed by atoms with van der Waals surface area (Å²) in [5, 5.41) is 11.5. The molecule has 1 fully saturated rings. The highest BCUT2D eigenvalue weighted by molar-refractivity contribution is 14.0. The predicted molar refractivity (Wildman–Crippen MR) is 117 cm³/mol. The van der Waals surface area contributed by atoms with E-state index in [1.165, 1.54) is 36.9 Å². The Morgan fingerprint density at radius 3 is 2.40 bits per heavy atom. The third-order valence-corrected chi connectivity index (χ3v) is 5.28. The fourth-order valence-electron chi connectivity index (χ4n) is 3.81. The van der Waals surface area contributed by atoms with E-state index in [9.17, 15) is 0 Å². The van der Waals surface area contributed by atoms with Crippen molar-refractivity contribution in [3.63, 3.8) is 0 Å². The highest BCUT2D eigenvalue weighted by Gasteiger charge is 2.37. The van der Waals surface area contributed by atoms with Gasteiger partial charge in [0, 0.05) is 31.4 Å². The fourth-order valence-corrected chi connectivity index (χ4v) is 3.81. The molecule has 2 rings (SSSR count). The Kier molecular flexibility index (Phi) is 8.71. The third-order valence-electron chi connectivity index (χ3n) is 5.28. The van der Waals surface area contributed by atoms with Crippen molar-refractivity contribution in [2.24, 2.45) is 23.4 Å². The highest BCUT2D eigenvalue weighted by atomic mass is 127. The van der Waals surface area contributed by atoms with Crippen molar-refractivity contribution in [3.05, 3.63) is 17.0 Å². The van der Waals surface area contributed by atoms with Gasteiger partial charge in [-0.15, -0.1) is 24.0 Å². The maximum absolute atomic E-state index is 4.80. The zero-order valence-electron chi connectivity index (χ0n) is 16.8. The molecule has 1 aliphatic carbocycles. The summed E-state index contributed by atoms with van der Waals surface area (Å²) >= 11 is 0. The van der Waals surface area contributed by atoms with Crippen LogP contribution in [0.5, 0.6) is 0 Å². The Labute approximate surface area is 170 Å². The second kappa shape index (κ2) is 9.78. The maximum atomic E-state index is 4.80. The third kappa shape index (κ3) is 5.86. The second-order valence-corrected chi connectivity index (χ2v) is 7.77. The lowest BCUT2D eigenvalue weighted by molar-refractivity contribution is 0.104. The Bertz CT molecular complexity index is 573. The molecule has 1 aliphatic rings. The van der Waals surface area contributed by atoms with E-state index in [0.29, 0.717) is 12.0 Å². The van der Waals surface area contributed by atoms with Gasteiger partial charge in [-0.05, 0) is 51.4 Å². The normalized spacial score (nSPS) is 16.4. The quantitative estimate of drug-likeness (QED) is 0.368. The second-order valence-electron chi connectivity index (χ2n) is 7.77. The monoisotopic (exact) mass is 461 g/mol. The van der Waals surface area contributed by atoms with Crippen molar-refractivity contribution in [2.45, 2.75) is 66.8 Å². The van der Waals surface area contributed by atoms with E-state index in [2.05, 4.69) is 50.4 Å². The van der Waals surface area contributed by atoms with Gasteiger partial charge in [0.05, 0.1) is 12.2 Å². The van der Waals surface area contributed by atoms with Crippen LogP contribution in [0.3, 0.4) is 0 Å². The molecule has 0 radical (unpaired) electrons. The summed E-state index contributed by atoms with van der Waals surface area (Å²) in [7, 11) is 1.99. The summed E-state index contributed by atoms with van der Waals surface area (Å²) in [4.78, 5) is 4.80. The Hall–Kier alpha value is -0.790. The van der Waals surface area contributed by atoms with Crippen molar-refractivity contribution in [3.8, 4) is 0 Å². The van der Waals surface area contributed by atoms with Gasteiger partial charge in [0.1, 0.15) is 0 Å². The summed E-state index contributed by atoms with van der Waals surface area (Å²) < 4.78 is 1.94. The van der Waals surface area contributed by atoms with Crippen LogP contribution in [0.25, 0.3) is 0 Å². The van der Waals surface area contributed by atoms with Gasteiger partial charge in [-0.1, -0.05) is 20.3 Å². The summed E-state index contributed by atoms with van der Waals surface area (Å²) in [6.45, 7) is 13.5. The van der Waals surface area contributed by atoms with Crippen molar-refractivity contribution in [2.75, 3.05) is 13.1 Å². The van der Waals surface area contributed by atoms with E-state index in [1.807, 2.05) is 11.7 Å². The van der Waals surface area contributed by atoms with E-state index in [4.69, 9.17) is 4.99 Å². The number of hydrogen-bond donors (Lipinski definition) is 2. The lowest BCUT2D eigenvalue weighted by atomic mass is 9.64. The summed E-state index contributed by atoms with van der Waals surface area (Å²) in [5.74, 6) is 1.68. The van der Waals surface area contributed by atoms with Gasteiger partial charge < -0.3 is 10.6 Å². The van der Waals surface area contributed by atoms with E-state index in [-0.39, 0.29) is 24.0 Å².